The predicted molar refractivity (Wildman–Crippen MR) is 278 cm³/mol. The summed E-state index contributed by atoms with van der Waals surface area (Å²) in [6, 6.07) is 10.6. The fourth-order valence-corrected chi connectivity index (χ4v) is 10.2. The lowest BCUT2D eigenvalue weighted by molar-refractivity contribution is -0.144. The number of imide groups is 2. The molecule has 402 valence electrons. The van der Waals surface area contributed by atoms with Gasteiger partial charge in [-0.2, -0.15) is 0 Å². The van der Waals surface area contributed by atoms with E-state index in [1.54, 1.807) is 69.2 Å². The Bertz CT molecular complexity index is 1900. The van der Waals surface area contributed by atoms with Gasteiger partial charge in [-0.05, 0) is 102 Å². The van der Waals surface area contributed by atoms with Crippen LogP contribution < -0.4 is 22.1 Å². The monoisotopic (exact) mass is 1000 g/mol. The van der Waals surface area contributed by atoms with Crippen LogP contribution in [0.3, 0.4) is 0 Å². The number of aliphatic hydroxyl groups excluding tert-OH is 2. The Morgan fingerprint density at radius 1 is 0.556 bits per heavy atom. The number of aliphatic hydroxyl groups is 2. The third-order valence-corrected chi connectivity index (χ3v) is 13.7. The van der Waals surface area contributed by atoms with Crippen molar-refractivity contribution in [3.63, 3.8) is 0 Å². The Balaban J connectivity index is 1.74. The molecule has 2 aromatic rings. The lowest BCUT2D eigenvalue weighted by Gasteiger charge is -2.40. The van der Waals surface area contributed by atoms with E-state index in [-0.39, 0.29) is 37.5 Å². The quantitative estimate of drug-likeness (QED) is 0.0720. The normalized spacial score (nSPS) is 18.4. The van der Waals surface area contributed by atoms with Gasteiger partial charge >= 0.3 is 12.2 Å². The molecule has 0 bridgehead atoms. The summed E-state index contributed by atoms with van der Waals surface area (Å²) < 4.78 is 11.5. The van der Waals surface area contributed by atoms with Crippen molar-refractivity contribution >= 4 is 35.8 Å². The van der Waals surface area contributed by atoms with Crippen LogP contribution >= 0.6 is 0 Å². The van der Waals surface area contributed by atoms with E-state index >= 15 is 0 Å². The number of nitrogens with two attached hydrogens (primary N) is 2. The third kappa shape index (κ3) is 18.2. The summed E-state index contributed by atoms with van der Waals surface area (Å²) in [6.07, 6.45) is 4.32. The summed E-state index contributed by atoms with van der Waals surface area (Å²) in [6.45, 7) is 16.7. The molecular weight excluding hydrogens is 917 g/mol. The van der Waals surface area contributed by atoms with Gasteiger partial charge in [-0.3, -0.25) is 19.2 Å². The van der Waals surface area contributed by atoms with E-state index in [1.165, 1.54) is 0 Å². The molecule has 0 radical (unpaired) electrons. The molecule has 0 unspecified atom stereocenters. The molecule has 8 N–H and O–H groups in total. The number of hydrogen-bond acceptors (Lipinski definition) is 12. The van der Waals surface area contributed by atoms with Gasteiger partial charge in [0.15, 0.2) is 0 Å². The minimum absolute atomic E-state index is 0.0523. The second-order valence-corrected chi connectivity index (χ2v) is 23.0. The molecule has 4 rings (SSSR count). The first kappa shape index (κ1) is 59.7. The summed E-state index contributed by atoms with van der Waals surface area (Å²) in [4.78, 5) is 88.5. The van der Waals surface area contributed by atoms with Crippen molar-refractivity contribution in [1.82, 2.24) is 20.4 Å². The van der Waals surface area contributed by atoms with Gasteiger partial charge in [0.1, 0.15) is 35.5 Å². The van der Waals surface area contributed by atoms with Gasteiger partial charge in [0.05, 0.1) is 24.2 Å². The zero-order valence-corrected chi connectivity index (χ0v) is 44.8. The van der Waals surface area contributed by atoms with Crippen molar-refractivity contribution in [3.8, 4) is 0 Å². The van der Waals surface area contributed by atoms with E-state index in [4.69, 9.17) is 20.9 Å². The van der Waals surface area contributed by atoms with E-state index in [0.29, 0.717) is 0 Å². The molecule has 2 aliphatic carbocycles. The summed E-state index contributed by atoms with van der Waals surface area (Å²) in [5.41, 5.74) is 12.5. The molecule has 0 saturated heterocycles. The molecule has 72 heavy (non-hydrogen) atoms. The number of amides is 6. The van der Waals surface area contributed by atoms with Gasteiger partial charge in [-0.1, -0.05) is 153 Å². The number of nitrogens with zero attached hydrogens (tertiary/aromatic N) is 2. The van der Waals surface area contributed by atoms with Crippen molar-refractivity contribution in [2.75, 3.05) is 0 Å². The molecular formula is C56H88N6O10. The largest absolute Gasteiger partial charge is 0.443 e. The fraction of sp³-hybridized carbons (Fsp3) is 0.679. The van der Waals surface area contributed by atoms with Crippen LogP contribution in [0.5, 0.6) is 0 Å². The standard InChI is InChI=1S/C56H88N6O10/c1-35(2)45(61(53(69)71-55(5,6)7)51(67)41(57)31-37-23-15-11-16-24-37)49(65)59-43(33-39-27-19-13-20-28-39)47(63)48(64)44(34-40-29-21-14-22-30-40)60-50(66)46(36(3)4)62(54(70)72-56(8,9)10)52(68)42(58)32-38-25-17-12-18-26-38/h11-12,15-18,23-26,35-36,39-48,63-64H,13-14,19-22,27-34,57-58H2,1-10H3,(H,59,65)(H,60,66)/t41-,42-,43-,44-,45-,46-,47+,48+/m0/s1. The lowest BCUT2D eigenvalue weighted by Crippen LogP contribution is -2.64. The van der Waals surface area contributed by atoms with Gasteiger partial charge in [-0.15, -0.1) is 0 Å². The minimum atomic E-state index is -1.68. The van der Waals surface area contributed by atoms with Gasteiger partial charge in [0, 0.05) is 0 Å². The third-order valence-electron chi connectivity index (χ3n) is 13.7. The van der Waals surface area contributed by atoms with E-state index in [0.717, 1.165) is 85.1 Å². The number of nitrogens with one attached hydrogen (secondary N) is 2. The van der Waals surface area contributed by atoms with Gasteiger partial charge in [0.25, 0.3) is 0 Å². The van der Waals surface area contributed by atoms with Crippen molar-refractivity contribution in [2.24, 2.45) is 35.1 Å². The smallest absolute Gasteiger partial charge is 0.417 e. The molecule has 0 spiro atoms. The number of hydrogen-bond donors (Lipinski definition) is 6. The maximum Gasteiger partial charge on any atom is 0.417 e. The highest BCUT2D eigenvalue weighted by molar-refractivity contribution is 6.01. The molecule has 0 aromatic heterocycles. The van der Waals surface area contributed by atoms with Gasteiger partial charge in [-0.25, -0.2) is 19.4 Å². The number of ether oxygens (including phenoxy) is 2. The highest BCUT2D eigenvalue weighted by atomic mass is 16.6. The topological polar surface area (TPSA) is 244 Å². The van der Waals surface area contributed by atoms with Crippen LogP contribution in [0.4, 0.5) is 9.59 Å². The summed E-state index contributed by atoms with van der Waals surface area (Å²) in [5, 5.41) is 31.1. The van der Waals surface area contributed by atoms with Crippen LogP contribution in [0, 0.1) is 23.7 Å². The molecule has 2 saturated carbocycles. The molecule has 6 amide bonds. The van der Waals surface area contributed by atoms with Crippen molar-refractivity contribution < 1.29 is 48.5 Å². The number of benzene rings is 2. The Hall–Kier alpha value is -4.90. The first-order valence-electron chi connectivity index (χ1n) is 26.5. The summed E-state index contributed by atoms with van der Waals surface area (Å²) in [7, 11) is 0. The van der Waals surface area contributed by atoms with Crippen LogP contribution in [0.25, 0.3) is 0 Å². The van der Waals surface area contributed by atoms with Crippen LogP contribution in [0.2, 0.25) is 0 Å². The maximum atomic E-state index is 15.0. The Morgan fingerprint density at radius 2 is 0.861 bits per heavy atom. The Labute approximate surface area is 429 Å². The van der Waals surface area contributed by atoms with Crippen LogP contribution in [0.1, 0.15) is 157 Å². The molecule has 2 aliphatic rings. The highest BCUT2D eigenvalue weighted by Gasteiger charge is 2.46. The van der Waals surface area contributed by atoms with E-state index in [9.17, 15) is 39.0 Å². The maximum absolute atomic E-state index is 15.0. The number of carbonyl (C=O) groups is 6. The predicted octanol–water partition coefficient (Wildman–Crippen LogP) is 7.34. The zero-order valence-electron chi connectivity index (χ0n) is 44.8. The molecule has 16 nitrogen and oxygen atoms in total. The fourth-order valence-electron chi connectivity index (χ4n) is 10.2. The molecule has 2 fully saturated rings. The van der Waals surface area contributed by atoms with Crippen molar-refractivity contribution in [2.45, 2.75) is 219 Å². The average molecular weight is 1010 g/mol. The SMILES string of the molecule is CC(C)[C@@H](C(=O)N[C@@H](CC1CCCCC1)[C@@H](O)[C@H](O)[C@H](CC1CCCCC1)NC(=O)[C@H](C(C)C)N(C(=O)OC(C)(C)C)C(=O)[C@@H](N)Cc1ccccc1)N(C(=O)OC(C)(C)C)C(=O)[C@@H](N)Cc1ccccc1. The van der Waals surface area contributed by atoms with E-state index < -0.39 is 107 Å². The minimum Gasteiger partial charge on any atom is -0.443 e. The van der Waals surface area contributed by atoms with Gasteiger partial charge < -0.3 is 41.8 Å². The van der Waals surface area contributed by atoms with Crippen LogP contribution in [-0.4, -0.2) is 115 Å². The first-order valence-corrected chi connectivity index (χ1v) is 26.5. The van der Waals surface area contributed by atoms with E-state index in [2.05, 4.69) is 10.6 Å². The highest BCUT2D eigenvalue weighted by Crippen LogP contribution is 2.32. The van der Waals surface area contributed by atoms with Crippen LogP contribution in [-0.2, 0) is 41.5 Å². The first-order chi connectivity index (χ1) is 33.8. The number of rotatable bonds is 21. The zero-order chi connectivity index (χ0) is 53.5. The number of carbonyl (C=O) groups excluding carboxylic acids is 6. The van der Waals surface area contributed by atoms with Crippen molar-refractivity contribution in [1.29, 1.82) is 0 Å². The summed E-state index contributed by atoms with van der Waals surface area (Å²) in [5.74, 6) is -4.37. The summed E-state index contributed by atoms with van der Waals surface area (Å²) >= 11 is 0. The molecule has 0 aliphatic heterocycles. The average Bonchev–Trinajstić information content (AvgIpc) is 3.30. The van der Waals surface area contributed by atoms with Gasteiger partial charge in [0.2, 0.25) is 23.6 Å². The van der Waals surface area contributed by atoms with Crippen molar-refractivity contribution in [3.05, 3.63) is 71.8 Å². The molecule has 0 heterocycles. The molecule has 2 aromatic carbocycles. The Morgan fingerprint density at radius 3 is 1.14 bits per heavy atom. The molecule has 16 heteroatoms. The second-order valence-electron chi connectivity index (χ2n) is 23.0. The molecule has 8 atom stereocenters. The second kappa shape index (κ2) is 27.4. The van der Waals surface area contributed by atoms with E-state index in [1.807, 2.05) is 60.7 Å². The lowest BCUT2D eigenvalue weighted by atomic mass is 9.80. The van der Waals surface area contributed by atoms with Crippen LogP contribution in [0.15, 0.2) is 60.7 Å². The Kier molecular flexibility index (Phi) is 22.7.